The van der Waals surface area contributed by atoms with E-state index in [0.717, 1.165) is 5.92 Å². The van der Waals surface area contributed by atoms with E-state index in [1.807, 2.05) is 52.3 Å². The molecule has 1 heteroatoms. The molecule has 0 atom stereocenters. The Balaban J connectivity index is -0.0000000354. The molecule has 0 aromatic heterocycles. The van der Waals surface area contributed by atoms with E-state index in [9.17, 15) is 0 Å². The minimum atomic E-state index is 0.833. The summed E-state index contributed by atoms with van der Waals surface area (Å²) >= 11 is 2.32. The van der Waals surface area contributed by atoms with Crippen LogP contribution in [0.3, 0.4) is 0 Å². The fraction of sp³-hybridized carbons (Fsp3) is 0.667. The molecule has 0 nitrogen and oxygen atoms in total. The van der Waals surface area contributed by atoms with Crippen molar-refractivity contribution in [2.75, 3.05) is 0 Å². The molecule has 0 amide bonds. The first kappa shape index (κ1) is 29.7. The van der Waals surface area contributed by atoms with E-state index in [4.69, 9.17) is 6.58 Å². The zero-order valence-electron chi connectivity index (χ0n) is 12.9. The molecule has 99 valence electrons. The van der Waals surface area contributed by atoms with Gasteiger partial charge in [-0.1, -0.05) is 62.3 Å². The maximum atomic E-state index is 4.98. The Hall–Kier alpha value is -0.0656. The number of allylic oxidation sites excluding steroid dienone is 3. The molecule has 0 aliphatic heterocycles. The summed E-state index contributed by atoms with van der Waals surface area (Å²) in [7, 11) is 0. The molecule has 0 aromatic carbocycles. The molecule has 0 radical (unpaired) electrons. The van der Waals surface area contributed by atoms with Gasteiger partial charge in [-0.2, -0.15) is 0 Å². The predicted molar refractivity (Wildman–Crippen MR) is 78.6 cm³/mol. The van der Waals surface area contributed by atoms with Crippen LogP contribution in [0.4, 0.5) is 0 Å². The molecule has 0 aliphatic rings. The molecule has 0 aromatic rings. The predicted octanol–water partition coefficient (Wildman–Crippen LogP) is 5.62. The normalized spacial score (nSPS) is 6.56. The summed E-state index contributed by atoms with van der Waals surface area (Å²) < 4.78 is 1.86. The Morgan fingerprint density at radius 1 is 0.812 bits per heavy atom. The Morgan fingerprint density at radius 2 is 1.06 bits per heavy atom. The Labute approximate surface area is 115 Å². The van der Waals surface area contributed by atoms with Crippen molar-refractivity contribution < 1.29 is 17.0 Å². The van der Waals surface area contributed by atoms with Crippen LogP contribution in [0.15, 0.2) is 18.2 Å². The summed E-state index contributed by atoms with van der Waals surface area (Å²) in [6.45, 7) is 23.5. The van der Waals surface area contributed by atoms with Gasteiger partial charge < -0.3 is 0 Å². The molecular weight excluding hydrogens is 231 g/mol. The van der Waals surface area contributed by atoms with Gasteiger partial charge >= 0.3 is 46.5 Å². The van der Waals surface area contributed by atoms with Crippen molar-refractivity contribution in [2.45, 2.75) is 62.3 Å². The third-order valence-corrected chi connectivity index (χ3v) is 0.577. The van der Waals surface area contributed by atoms with Crippen LogP contribution in [0.25, 0.3) is 0 Å². The van der Waals surface area contributed by atoms with Gasteiger partial charge in [0.05, 0.1) is 0 Å². The summed E-state index contributed by atoms with van der Waals surface area (Å²) in [4.78, 5) is 0. The van der Waals surface area contributed by atoms with E-state index in [1.54, 1.807) is 6.08 Å². The molecule has 0 fully saturated rings. The van der Waals surface area contributed by atoms with Crippen LogP contribution in [0.1, 0.15) is 62.3 Å². The van der Waals surface area contributed by atoms with Crippen molar-refractivity contribution in [3.8, 4) is 0 Å². The summed E-state index contributed by atoms with van der Waals surface area (Å²) in [5, 5.41) is 0. The third kappa shape index (κ3) is 271. The van der Waals surface area contributed by atoms with E-state index < -0.39 is 0 Å². The van der Waals surface area contributed by atoms with Gasteiger partial charge in [0.1, 0.15) is 0 Å². The van der Waals surface area contributed by atoms with Crippen molar-refractivity contribution in [3.05, 3.63) is 24.8 Å². The Kier molecular flexibility index (Phi) is 112. The minimum absolute atomic E-state index is 0.833. The van der Waals surface area contributed by atoms with Crippen LogP contribution in [-0.4, -0.2) is 4.73 Å². The SMILES string of the molecule is CC.CC.CC.CC(C)C.[CH-]=CC=C[CH]=[V]. The second kappa shape index (κ2) is 60.3. The van der Waals surface area contributed by atoms with Gasteiger partial charge in [0.15, 0.2) is 0 Å². The summed E-state index contributed by atoms with van der Waals surface area (Å²) in [5.74, 6) is 0.833. The monoisotopic (exact) mass is 264 g/mol. The first-order valence-corrected chi connectivity index (χ1v) is 7.13. The van der Waals surface area contributed by atoms with Gasteiger partial charge in [0.25, 0.3) is 0 Å². The van der Waals surface area contributed by atoms with Crippen molar-refractivity contribution in [1.29, 1.82) is 0 Å². The van der Waals surface area contributed by atoms with Crippen LogP contribution >= 0.6 is 0 Å². The second-order valence-electron chi connectivity index (χ2n) is 2.46. The quantitative estimate of drug-likeness (QED) is 0.448. The number of hydrogen-bond acceptors (Lipinski definition) is 0. The van der Waals surface area contributed by atoms with E-state index >= 15 is 0 Å². The van der Waals surface area contributed by atoms with Gasteiger partial charge in [-0.3, -0.25) is 0 Å². The van der Waals surface area contributed by atoms with Crippen LogP contribution in [0.5, 0.6) is 0 Å². The fourth-order valence-corrected chi connectivity index (χ4v) is 0.269. The molecule has 0 saturated carbocycles. The van der Waals surface area contributed by atoms with E-state index in [1.165, 1.54) is 6.08 Å². The molecule has 0 heterocycles. The zero-order valence-corrected chi connectivity index (χ0v) is 14.3. The van der Waals surface area contributed by atoms with Crippen LogP contribution < -0.4 is 0 Å². The molecule has 0 rings (SSSR count). The second-order valence-corrected chi connectivity index (χ2v) is 2.92. The number of rotatable bonds is 2. The van der Waals surface area contributed by atoms with Gasteiger partial charge in [0.2, 0.25) is 0 Å². The molecule has 0 aliphatic carbocycles. The van der Waals surface area contributed by atoms with Gasteiger partial charge in [-0.15, -0.1) is 0 Å². The van der Waals surface area contributed by atoms with Crippen molar-refractivity contribution in [3.63, 3.8) is 0 Å². The van der Waals surface area contributed by atoms with E-state index in [0.29, 0.717) is 0 Å². The molecule has 0 spiro atoms. The van der Waals surface area contributed by atoms with E-state index in [-0.39, 0.29) is 0 Å². The van der Waals surface area contributed by atoms with Gasteiger partial charge in [0, 0.05) is 0 Å². The van der Waals surface area contributed by atoms with Gasteiger partial charge in [-0.05, 0) is 5.92 Å². The van der Waals surface area contributed by atoms with Crippen molar-refractivity contribution in [2.24, 2.45) is 5.92 Å². The molecule has 0 saturated heterocycles. The first-order chi connectivity index (χ1) is 7.65. The first-order valence-electron chi connectivity index (χ1n) is 6.32. The third-order valence-electron chi connectivity index (χ3n) is 0.308. The summed E-state index contributed by atoms with van der Waals surface area (Å²) in [6, 6.07) is 0. The summed E-state index contributed by atoms with van der Waals surface area (Å²) in [5.41, 5.74) is 0. The average molecular weight is 264 g/mol. The van der Waals surface area contributed by atoms with Crippen LogP contribution in [-0.2, 0) is 17.0 Å². The molecule has 0 N–H and O–H groups in total. The zero-order chi connectivity index (χ0) is 14.4. The molecular formula is C15H33V-. The Bertz CT molecular complexity index is 89.2. The standard InChI is InChI=1S/C5H5.C4H10.3C2H6.V/c1-3-5-4-2;1-4(2)3;3*1-2;/h1-5H;4H,1-3H3;3*1-2H3;/q-1;;;;;. The Morgan fingerprint density at radius 3 is 1.12 bits per heavy atom. The molecule has 0 unspecified atom stereocenters. The maximum absolute atomic E-state index is 4.98. The summed E-state index contributed by atoms with van der Waals surface area (Å²) in [6.07, 6.45) is 5.10. The molecule has 16 heavy (non-hydrogen) atoms. The average Bonchev–Trinajstić information content (AvgIpc) is 2.33. The van der Waals surface area contributed by atoms with E-state index in [2.05, 4.69) is 37.8 Å². The van der Waals surface area contributed by atoms with Gasteiger partial charge in [-0.25, -0.2) is 0 Å². The van der Waals surface area contributed by atoms with Crippen molar-refractivity contribution >= 4 is 4.73 Å². The topological polar surface area (TPSA) is 0 Å². The van der Waals surface area contributed by atoms with Crippen molar-refractivity contribution in [1.82, 2.24) is 0 Å². The fourth-order valence-electron chi connectivity index (χ4n) is 0.114. The molecule has 0 bridgehead atoms. The van der Waals surface area contributed by atoms with Crippen LogP contribution in [0, 0.1) is 12.5 Å². The number of hydrogen-bond donors (Lipinski definition) is 0. The van der Waals surface area contributed by atoms with Crippen LogP contribution in [0.2, 0.25) is 0 Å².